The van der Waals surface area contributed by atoms with Crippen molar-refractivity contribution in [3.05, 3.63) is 29.8 Å². The SMILES string of the molecule is CCOc1ccc(CC(=O)NC(CN)C2CCCCC2)cc1. The Bertz CT molecular complexity index is 453. The minimum Gasteiger partial charge on any atom is -0.494 e. The number of amides is 1. The van der Waals surface area contributed by atoms with Crippen LogP contribution in [0.5, 0.6) is 5.75 Å². The van der Waals surface area contributed by atoms with E-state index in [-0.39, 0.29) is 11.9 Å². The maximum absolute atomic E-state index is 12.2. The summed E-state index contributed by atoms with van der Waals surface area (Å²) >= 11 is 0. The largest absolute Gasteiger partial charge is 0.494 e. The van der Waals surface area contributed by atoms with Crippen molar-refractivity contribution in [1.29, 1.82) is 0 Å². The Labute approximate surface area is 133 Å². The molecule has 1 aliphatic rings. The van der Waals surface area contributed by atoms with E-state index < -0.39 is 0 Å². The van der Waals surface area contributed by atoms with Crippen LogP contribution in [0.4, 0.5) is 0 Å². The first-order valence-corrected chi connectivity index (χ1v) is 8.44. The summed E-state index contributed by atoms with van der Waals surface area (Å²) in [5, 5.41) is 3.13. The van der Waals surface area contributed by atoms with Gasteiger partial charge in [0.05, 0.1) is 13.0 Å². The molecule has 1 fully saturated rings. The molecular formula is C18H28N2O2. The predicted octanol–water partition coefficient (Wildman–Crippen LogP) is 2.65. The van der Waals surface area contributed by atoms with Crippen LogP contribution in [0.1, 0.15) is 44.6 Å². The Kier molecular flexibility index (Phi) is 6.72. The molecule has 1 amide bonds. The molecule has 0 aromatic heterocycles. The Morgan fingerprint density at radius 1 is 1.27 bits per heavy atom. The molecule has 1 atom stereocenters. The average Bonchev–Trinajstić information content (AvgIpc) is 2.55. The molecule has 0 saturated heterocycles. The molecule has 4 nitrogen and oxygen atoms in total. The van der Waals surface area contributed by atoms with E-state index in [9.17, 15) is 4.79 Å². The molecule has 4 heteroatoms. The van der Waals surface area contributed by atoms with Crippen molar-refractivity contribution < 1.29 is 9.53 Å². The Hall–Kier alpha value is -1.55. The van der Waals surface area contributed by atoms with Crippen molar-refractivity contribution in [2.45, 2.75) is 51.5 Å². The number of nitrogens with one attached hydrogen (secondary N) is 1. The van der Waals surface area contributed by atoms with Crippen molar-refractivity contribution in [3.63, 3.8) is 0 Å². The highest BCUT2D eigenvalue weighted by Gasteiger charge is 2.23. The zero-order valence-corrected chi connectivity index (χ0v) is 13.5. The average molecular weight is 304 g/mol. The van der Waals surface area contributed by atoms with Crippen LogP contribution < -0.4 is 15.8 Å². The fraction of sp³-hybridized carbons (Fsp3) is 0.611. The second kappa shape index (κ2) is 8.79. The number of benzene rings is 1. The molecule has 2 rings (SSSR count). The summed E-state index contributed by atoms with van der Waals surface area (Å²) in [4.78, 5) is 12.2. The lowest BCUT2D eigenvalue weighted by atomic mass is 9.84. The van der Waals surface area contributed by atoms with E-state index >= 15 is 0 Å². The number of nitrogens with two attached hydrogens (primary N) is 1. The number of hydrogen-bond donors (Lipinski definition) is 2. The van der Waals surface area contributed by atoms with E-state index in [0.29, 0.717) is 25.5 Å². The lowest BCUT2D eigenvalue weighted by molar-refractivity contribution is -0.121. The molecule has 1 unspecified atom stereocenters. The van der Waals surface area contributed by atoms with Crippen LogP contribution in [0.25, 0.3) is 0 Å². The van der Waals surface area contributed by atoms with E-state index in [1.165, 1.54) is 32.1 Å². The van der Waals surface area contributed by atoms with Gasteiger partial charge in [-0.25, -0.2) is 0 Å². The van der Waals surface area contributed by atoms with E-state index in [1.54, 1.807) is 0 Å². The van der Waals surface area contributed by atoms with Gasteiger partial charge in [0.25, 0.3) is 0 Å². The van der Waals surface area contributed by atoms with E-state index in [1.807, 2.05) is 31.2 Å². The highest BCUT2D eigenvalue weighted by Crippen LogP contribution is 2.26. The zero-order valence-electron chi connectivity index (χ0n) is 13.5. The quantitative estimate of drug-likeness (QED) is 0.814. The van der Waals surface area contributed by atoms with Crippen LogP contribution in [0.15, 0.2) is 24.3 Å². The standard InChI is InChI=1S/C18H28N2O2/c1-2-22-16-10-8-14(9-11-16)12-18(21)20-17(13-19)15-6-4-3-5-7-15/h8-11,15,17H,2-7,12-13,19H2,1H3,(H,20,21). The van der Waals surface area contributed by atoms with E-state index in [2.05, 4.69) is 5.32 Å². The van der Waals surface area contributed by atoms with Crippen LogP contribution in [-0.2, 0) is 11.2 Å². The molecular weight excluding hydrogens is 276 g/mol. The maximum Gasteiger partial charge on any atom is 0.224 e. The lowest BCUT2D eigenvalue weighted by Gasteiger charge is -2.30. The van der Waals surface area contributed by atoms with Crippen LogP contribution in [0.2, 0.25) is 0 Å². The summed E-state index contributed by atoms with van der Waals surface area (Å²) < 4.78 is 5.41. The summed E-state index contributed by atoms with van der Waals surface area (Å²) in [6.45, 7) is 3.14. The van der Waals surface area contributed by atoms with E-state index in [4.69, 9.17) is 10.5 Å². The van der Waals surface area contributed by atoms with Crippen LogP contribution >= 0.6 is 0 Å². The molecule has 1 aliphatic carbocycles. The minimum absolute atomic E-state index is 0.0604. The van der Waals surface area contributed by atoms with Gasteiger partial charge in [0.1, 0.15) is 5.75 Å². The van der Waals surface area contributed by atoms with E-state index in [0.717, 1.165) is 11.3 Å². The number of rotatable bonds is 7. The third-order valence-electron chi connectivity index (χ3n) is 4.42. The highest BCUT2D eigenvalue weighted by atomic mass is 16.5. The Morgan fingerprint density at radius 3 is 2.55 bits per heavy atom. The van der Waals surface area contributed by atoms with Crippen LogP contribution in [-0.4, -0.2) is 25.1 Å². The molecule has 22 heavy (non-hydrogen) atoms. The zero-order chi connectivity index (χ0) is 15.8. The highest BCUT2D eigenvalue weighted by molar-refractivity contribution is 5.79. The number of hydrogen-bond acceptors (Lipinski definition) is 3. The fourth-order valence-electron chi connectivity index (χ4n) is 3.22. The summed E-state index contributed by atoms with van der Waals surface area (Å²) in [6, 6.07) is 7.84. The van der Waals surface area contributed by atoms with Crippen molar-refractivity contribution in [2.75, 3.05) is 13.2 Å². The molecule has 0 radical (unpaired) electrons. The molecule has 0 heterocycles. The monoisotopic (exact) mass is 304 g/mol. The van der Waals surface area contributed by atoms with Crippen LogP contribution in [0, 0.1) is 5.92 Å². The summed E-state index contributed by atoms with van der Waals surface area (Å²) in [7, 11) is 0. The van der Waals surface area contributed by atoms with Crippen molar-refractivity contribution in [3.8, 4) is 5.75 Å². The predicted molar refractivity (Wildman–Crippen MR) is 88.9 cm³/mol. The Morgan fingerprint density at radius 2 is 1.95 bits per heavy atom. The smallest absolute Gasteiger partial charge is 0.224 e. The maximum atomic E-state index is 12.2. The number of carbonyl (C=O) groups excluding carboxylic acids is 1. The molecule has 122 valence electrons. The molecule has 3 N–H and O–H groups in total. The van der Waals surface area contributed by atoms with Gasteiger partial charge in [-0.05, 0) is 43.4 Å². The first-order chi connectivity index (χ1) is 10.7. The molecule has 0 spiro atoms. The summed E-state index contributed by atoms with van der Waals surface area (Å²) in [5.41, 5.74) is 6.87. The number of carbonyl (C=O) groups is 1. The second-order valence-corrected chi connectivity index (χ2v) is 6.06. The van der Waals surface area contributed by atoms with Crippen molar-refractivity contribution in [2.24, 2.45) is 11.7 Å². The van der Waals surface area contributed by atoms with Gasteiger partial charge in [0.2, 0.25) is 5.91 Å². The topological polar surface area (TPSA) is 64.3 Å². The molecule has 0 bridgehead atoms. The van der Waals surface area contributed by atoms with Crippen molar-refractivity contribution in [1.82, 2.24) is 5.32 Å². The third-order valence-corrected chi connectivity index (χ3v) is 4.42. The van der Waals surface area contributed by atoms with Gasteiger partial charge < -0.3 is 15.8 Å². The third kappa shape index (κ3) is 5.02. The first-order valence-electron chi connectivity index (χ1n) is 8.44. The Balaban J connectivity index is 1.85. The van der Waals surface area contributed by atoms with Gasteiger partial charge >= 0.3 is 0 Å². The van der Waals surface area contributed by atoms with Crippen molar-refractivity contribution >= 4 is 5.91 Å². The van der Waals surface area contributed by atoms with Gasteiger partial charge in [-0.15, -0.1) is 0 Å². The molecule has 1 aromatic rings. The molecule has 1 aromatic carbocycles. The first kappa shape index (κ1) is 16.8. The second-order valence-electron chi connectivity index (χ2n) is 6.06. The fourth-order valence-corrected chi connectivity index (χ4v) is 3.22. The van der Waals surface area contributed by atoms with Gasteiger partial charge in [0, 0.05) is 12.6 Å². The number of ether oxygens (including phenoxy) is 1. The molecule has 1 saturated carbocycles. The lowest BCUT2D eigenvalue weighted by Crippen LogP contribution is -2.46. The minimum atomic E-state index is 0.0604. The normalized spacial score (nSPS) is 17.0. The summed E-state index contributed by atoms with van der Waals surface area (Å²) in [5.74, 6) is 1.45. The van der Waals surface area contributed by atoms with Gasteiger partial charge in [-0.2, -0.15) is 0 Å². The van der Waals surface area contributed by atoms with Gasteiger partial charge in [-0.1, -0.05) is 31.4 Å². The van der Waals surface area contributed by atoms with Crippen LogP contribution in [0.3, 0.4) is 0 Å². The molecule has 0 aliphatic heterocycles. The van der Waals surface area contributed by atoms with Gasteiger partial charge in [0.15, 0.2) is 0 Å². The summed E-state index contributed by atoms with van der Waals surface area (Å²) in [6.07, 6.45) is 6.60. The van der Waals surface area contributed by atoms with Gasteiger partial charge in [-0.3, -0.25) is 4.79 Å².